The highest BCUT2D eigenvalue weighted by molar-refractivity contribution is 14.0. The summed E-state index contributed by atoms with van der Waals surface area (Å²) in [7, 11) is 1.69. The van der Waals surface area contributed by atoms with Crippen LogP contribution in [0, 0.1) is 13.8 Å². The summed E-state index contributed by atoms with van der Waals surface area (Å²) in [6.45, 7) is 9.56. The summed E-state index contributed by atoms with van der Waals surface area (Å²) in [5.74, 6) is 1.76. The van der Waals surface area contributed by atoms with Crippen molar-refractivity contribution in [2.24, 2.45) is 4.99 Å². The van der Waals surface area contributed by atoms with Crippen molar-refractivity contribution >= 4 is 29.9 Å². The molecule has 0 amide bonds. The third-order valence-electron chi connectivity index (χ3n) is 4.11. The molecule has 0 unspecified atom stereocenters. The standard InChI is InChI=1S/C20H31N5O.HI/c1-5-21-20(22-12-6-14-25-17(3)15-16(2)24-25)23-13-11-18-7-9-19(26-4)10-8-18;/h7-10,15H,5-6,11-14H2,1-4H3,(H2,21,22,23);1H. The van der Waals surface area contributed by atoms with E-state index in [1.807, 2.05) is 19.1 Å². The number of aliphatic imine (C=N–C) groups is 1. The summed E-state index contributed by atoms with van der Waals surface area (Å²) in [5, 5.41) is 11.2. The first-order valence-electron chi connectivity index (χ1n) is 9.28. The highest BCUT2D eigenvalue weighted by Crippen LogP contribution is 2.11. The van der Waals surface area contributed by atoms with E-state index in [0.717, 1.165) is 56.4 Å². The average molecular weight is 485 g/mol. The second-order valence-corrected chi connectivity index (χ2v) is 6.29. The molecular weight excluding hydrogens is 453 g/mol. The monoisotopic (exact) mass is 485 g/mol. The van der Waals surface area contributed by atoms with Crippen LogP contribution in [0.15, 0.2) is 35.3 Å². The van der Waals surface area contributed by atoms with Gasteiger partial charge in [-0.15, -0.1) is 24.0 Å². The molecule has 2 rings (SSSR count). The Hall–Kier alpha value is -1.77. The normalized spacial score (nSPS) is 11.0. The third-order valence-corrected chi connectivity index (χ3v) is 4.11. The number of benzene rings is 1. The number of hydrogen-bond donors (Lipinski definition) is 2. The summed E-state index contributed by atoms with van der Waals surface area (Å²) in [4.78, 5) is 4.66. The number of hydrogen-bond acceptors (Lipinski definition) is 3. The maximum atomic E-state index is 5.19. The van der Waals surface area contributed by atoms with Crippen molar-refractivity contribution in [2.75, 3.05) is 26.7 Å². The molecule has 0 saturated heterocycles. The molecule has 0 fully saturated rings. The maximum Gasteiger partial charge on any atom is 0.191 e. The SMILES string of the molecule is CCNC(=NCCCn1nc(C)cc1C)NCCc1ccc(OC)cc1.I. The van der Waals surface area contributed by atoms with Crippen LogP contribution in [-0.2, 0) is 13.0 Å². The fourth-order valence-electron chi connectivity index (χ4n) is 2.77. The van der Waals surface area contributed by atoms with Gasteiger partial charge in [-0.25, -0.2) is 0 Å². The Balaban J connectivity index is 0.00000364. The minimum atomic E-state index is 0. The van der Waals surface area contributed by atoms with Crippen molar-refractivity contribution in [3.05, 3.63) is 47.3 Å². The Morgan fingerprint density at radius 3 is 2.52 bits per heavy atom. The van der Waals surface area contributed by atoms with E-state index in [4.69, 9.17) is 4.74 Å². The molecule has 0 atom stereocenters. The van der Waals surface area contributed by atoms with Crippen LogP contribution in [0.5, 0.6) is 5.75 Å². The second kappa shape index (κ2) is 12.6. The first-order chi connectivity index (χ1) is 12.6. The molecule has 2 N–H and O–H groups in total. The number of rotatable bonds is 9. The molecule has 0 aliphatic rings. The number of halogens is 1. The van der Waals surface area contributed by atoms with Crippen LogP contribution in [0.3, 0.4) is 0 Å². The number of nitrogens with zero attached hydrogens (tertiary/aromatic N) is 3. The third kappa shape index (κ3) is 8.19. The van der Waals surface area contributed by atoms with Gasteiger partial charge in [-0.1, -0.05) is 12.1 Å². The first kappa shape index (κ1) is 23.3. The van der Waals surface area contributed by atoms with Crippen molar-refractivity contribution in [1.82, 2.24) is 20.4 Å². The molecule has 0 radical (unpaired) electrons. The summed E-state index contributed by atoms with van der Waals surface area (Å²) in [5.41, 5.74) is 3.55. The van der Waals surface area contributed by atoms with Crippen LogP contribution in [-0.4, -0.2) is 42.5 Å². The zero-order chi connectivity index (χ0) is 18.8. The van der Waals surface area contributed by atoms with Crippen molar-refractivity contribution in [3.8, 4) is 5.75 Å². The molecule has 0 bridgehead atoms. The lowest BCUT2D eigenvalue weighted by molar-refractivity contribution is 0.414. The molecule has 2 aromatic rings. The number of aromatic nitrogens is 2. The van der Waals surface area contributed by atoms with Crippen LogP contribution >= 0.6 is 24.0 Å². The molecule has 27 heavy (non-hydrogen) atoms. The minimum Gasteiger partial charge on any atom is -0.497 e. The van der Waals surface area contributed by atoms with Gasteiger partial charge >= 0.3 is 0 Å². The van der Waals surface area contributed by atoms with E-state index in [1.54, 1.807) is 7.11 Å². The zero-order valence-electron chi connectivity index (χ0n) is 16.8. The Bertz CT molecular complexity index is 697. The van der Waals surface area contributed by atoms with Gasteiger partial charge in [-0.05, 0) is 57.4 Å². The fraction of sp³-hybridized carbons (Fsp3) is 0.500. The van der Waals surface area contributed by atoms with Crippen molar-refractivity contribution in [2.45, 2.75) is 40.2 Å². The largest absolute Gasteiger partial charge is 0.497 e. The maximum absolute atomic E-state index is 5.19. The van der Waals surface area contributed by atoms with Gasteiger partial charge in [0.2, 0.25) is 0 Å². The first-order valence-corrected chi connectivity index (χ1v) is 9.28. The molecular formula is C20H32IN5O. The highest BCUT2D eigenvalue weighted by atomic mass is 127. The fourth-order valence-corrected chi connectivity index (χ4v) is 2.77. The number of nitrogens with one attached hydrogen (secondary N) is 2. The van der Waals surface area contributed by atoms with Gasteiger partial charge in [0.05, 0.1) is 12.8 Å². The van der Waals surface area contributed by atoms with Gasteiger partial charge in [-0.2, -0.15) is 5.10 Å². The molecule has 0 aliphatic heterocycles. The van der Waals surface area contributed by atoms with Gasteiger partial charge in [0.15, 0.2) is 5.96 Å². The van der Waals surface area contributed by atoms with E-state index < -0.39 is 0 Å². The number of aryl methyl sites for hydroxylation is 3. The molecule has 1 aromatic heterocycles. The molecule has 6 nitrogen and oxygen atoms in total. The zero-order valence-corrected chi connectivity index (χ0v) is 19.1. The lowest BCUT2D eigenvalue weighted by Crippen LogP contribution is -2.38. The number of ether oxygens (including phenoxy) is 1. The molecule has 7 heteroatoms. The number of methoxy groups -OCH3 is 1. The van der Waals surface area contributed by atoms with Crippen molar-refractivity contribution in [3.63, 3.8) is 0 Å². The van der Waals surface area contributed by atoms with E-state index in [1.165, 1.54) is 11.3 Å². The lowest BCUT2D eigenvalue weighted by Gasteiger charge is -2.11. The van der Waals surface area contributed by atoms with Gasteiger partial charge < -0.3 is 15.4 Å². The van der Waals surface area contributed by atoms with E-state index in [2.05, 4.69) is 57.5 Å². The average Bonchev–Trinajstić information content (AvgIpc) is 2.96. The highest BCUT2D eigenvalue weighted by Gasteiger charge is 2.01. The Kier molecular flexibility index (Phi) is 10.8. The van der Waals surface area contributed by atoms with Crippen LogP contribution in [0.1, 0.15) is 30.3 Å². The quantitative estimate of drug-likeness (QED) is 0.248. The van der Waals surface area contributed by atoms with Crippen LogP contribution < -0.4 is 15.4 Å². The second-order valence-electron chi connectivity index (χ2n) is 6.29. The lowest BCUT2D eigenvalue weighted by atomic mass is 10.1. The van der Waals surface area contributed by atoms with Crippen LogP contribution in [0.2, 0.25) is 0 Å². The number of guanidine groups is 1. The van der Waals surface area contributed by atoms with Gasteiger partial charge in [0, 0.05) is 31.9 Å². The summed E-state index contributed by atoms with van der Waals surface area (Å²) < 4.78 is 7.24. The van der Waals surface area contributed by atoms with Crippen molar-refractivity contribution in [1.29, 1.82) is 0 Å². The van der Waals surface area contributed by atoms with Crippen LogP contribution in [0.25, 0.3) is 0 Å². The Morgan fingerprint density at radius 1 is 1.19 bits per heavy atom. The summed E-state index contributed by atoms with van der Waals surface area (Å²) >= 11 is 0. The molecule has 1 aromatic carbocycles. The van der Waals surface area contributed by atoms with Gasteiger partial charge in [-0.3, -0.25) is 9.67 Å². The molecule has 0 aliphatic carbocycles. The molecule has 1 heterocycles. The minimum absolute atomic E-state index is 0. The van der Waals surface area contributed by atoms with Crippen LogP contribution in [0.4, 0.5) is 0 Å². The van der Waals surface area contributed by atoms with Gasteiger partial charge in [0.1, 0.15) is 5.75 Å². The Morgan fingerprint density at radius 2 is 1.93 bits per heavy atom. The van der Waals surface area contributed by atoms with E-state index >= 15 is 0 Å². The van der Waals surface area contributed by atoms with E-state index in [-0.39, 0.29) is 24.0 Å². The molecule has 0 saturated carbocycles. The van der Waals surface area contributed by atoms with Gasteiger partial charge in [0.25, 0.3) is 0 Å². The smallest absolute Gasteiger partial charge is 0.191 e. The van der Waals surface area contributed by atoms with Crippen molar-refractivity contribution < 1.29 is 4.74 Å². The van der Waals surface area contributed by atoms with E-state index in [0.29, 0.717) is 0 Å². The topological polar surface area (TPSA) is 63.5 Å². The predicted molar refractivity (Wildman–Crippen MR) is 122 cm³/mol. The van der Waals surface area contributed by atoms with E-state index in [9.17, 15) is 0 Å². The molecule has 150 valence electrons. The Labute approximate surface area is 179 Å². The summed E-state index contributed by atoms with van der Waals surface area (Å²) in [6, 6.07) is 10.3. The predicted octanol–water partition coefficient (Wildman–Crippen LogP) is 3.31. The molecule has 0 spiro atoms. The summed E-state index contributed by atoms with van der Waals surface area (Å²) in [6.07, 6.45) is 1.91.